The van der Waals surface area contributed by atoms with Crippen molar-refractivity contribution in [2.75, 3.05) is 18.5 Å². The lowest BCUT2D eigenvalue weighted by atomic mass is 9.74. The van der Waals surface area contributed by atoms with Crippen LogP contribution in [0.5, 0.6) is 23.0 Å². The number of carboxylic acids is 1. The van der Waals surface area contributed by atoms with Gasteiger partial charge in [-0.1, -0.05) is 30.0 Å². The Labute approximate surface area is 241 Å². The van der Waals surface area contributed by atoms with Crippen molar-refractivity contribution in [3.05, 3.63) is 101 Å². The quantitative estimate of drug-likeness (QED) is 0.342. The summed E-state index contributed by atoms with van der Waals surface area (Å²) in [4.78, 5) is 37.8. The highest BCUT2D eigenvalue weighted by atomic mass is 16.5. The minimum Gasteiger partial charge on any atom is -0.508 e. The molecule has 2 atom stereocenters. The number of nitrogens with one attached hydrogen (secondary N) is 1. The summed E-state index contributed by atoms with van der Waals surface area (Å²) in [6.07, 6.45) is 15.0. The molecule has 2 unspecified atom stereocenters. The summed E-state index contributed by atoms with van der Waals surface area (Å²) in [7, 11) is 0. The first-order chi connectivity index (χ1) is 20.3. The zero-order valence-electron chi connectivity index (χ0n) is 22.0. The Morgan fingerprint density at radius 1 is 0.952 bits per heavy atom. The molecular formula is C33H23NO8. The average Bonchev–Trinajstić information content (AvgIpc) is 2.97. The third kappa shape index (κ3) is 5.67. The number of fused-ring (bicyclic) bond motifs is 2. The number of ether oxygens (including phenoxy) is 3. The maximum atomic E-state index is 13.2. The van der Waals surface area contributed by atoms with E-state index in [1.807, 2.05) is 0 Å². The van der Waals surface area contributed by atoms with Crippen LogP contribution in [0.2, 0.25) is 0 Å². The SMILES string of the molecule is C#CCOc1cc(OCC#C)cc(C(=O)Nc2ccc(C3c4ccc(O)cc4OC4=CC(=O)C=CC43)c(C(=O)O)c2)c1. The topological polar surface area (TPSA) is 131 Å². The van der Waals surface area contributed by atoms with Crippen molar-refractivity contribution < 1.29 is 38.8 Å². The molecule has 3 aromatic rings. The van der Waals surface area contributed by atoms with Gasteiger partial charge in [-0.25, -0.2) is 4.79 Å². The Bertz CT molecular complexity index is 1720. The molecule has 0 fully saturated rings. The fourth-order valence-corrected chi connectivity index (χ4v) is 4.91. The summed E-state index contributed by atoms with van der Waals surface area (Å²) in [6, 6.07) is 13.6. The second-order valence-corrected chi connectivity index (χ2v) is 9.38. The number of carbonyl (C=O) groups is 3. The number of hydrogen-bond donors (Lipinski definition) is 3. The van der Waals surface area contributed by atoms with E-state index in [0.29, 0.717) is 34.1 Å². The molecule has 1 aliphatic carbocycles. The molecule has 0 bridgehead atoms. The summed E-state index contributed by atoms with van der Waals surface area (Å²) < 4.78 is 16.8. The van der Waals surface area contributed by atoms with E-state index >= 15 is 0 Å². The molecule has 208 valence electrons. The highest BCUT2D eigenvalue weighted by molar-refractivity contribution is 6.05. The summed E-state index contributed by atoms with van der Waals surface area (Å²) >= 11 is 0. The van der Waals surface area contributed by atoms with Crippen LogP contribution in [0.3, 0.4) is 0 Å². The van der Waals surface area contributed by atoms with Gasteiger partial charge in [0.25, 0.3) is 5.91 Å². The number of amides is 1. The van der Waals surface area contributed by atoms with Gasteiger partial charge in [0.2, 0.25) is 0 Å². The molecule has 0 spiro atoms. The van der Waals surface area contributed by atoms with Gasteiger partial charge in [-0.05, 0) is 42.0 Å². The van der Waals surface area contributed by atoms with Gasteiger partial charge >= 0.3 is 5.97 Å². The number of hydrogen-bond acceptors (Lipinski definition) is 7. The molecule has 0 radical (unpaired) electrons. The van der Waals surface area contributed by atoms with Crippen molar-refractivity contribution in [1.82, 2.24) is 0 Å². The van der Waals surface area contributed by atoms with Gasteiger partial charge in [0, 0.05) is 46.9 Å². The van der Waals surface area contributed by atoms with E-state index in [0.717, 1.165) is 0 Å². The zero-order valence-corrected chi connectivity index (χ0v) is 22.0. The fourth-order valence-electron chi connectivity index (χ4n) is 4.91. The minimum absolute atomic E-state index is 0.0285. The Hall–Kier alpha value is -5.93. The van der Waals surface area contributed by atoms with Gasteiger partial charge in [0.05, 0.1) is 5.56 Å². The number of terminal acetylenes is 2. The van der Waals surface area contributed by atoms with Crippen molar-refractivity contribution in [2.24, 2.45) is 5.92 Å². The Morgan fingerprint density at radius 2 is 1.64 bits per heavy atom. The highest BCUT2D eigenvalue weighted by Crippen LogP contribution is 2.49. The average molecular weight is 562 g/mol. The number of aromatic hydroxyl groups is 1. The molecule has 5 rings (SSSR count). The standard InChI is InChI=1S/C33H23NO8/c1-3-11-40-23-13-19(14-24(18-23)41-12-4-2)32(37)34-20-5-8-25(28(15-20)33(38)39)31-26-9-6-21(35)16-29(26)42-30-17-22(36)7-10-27(30)31/h1-2,5-10,13-18,26,31,36H,11-12H2,(H,34,37)(H,38,39). The van der Waals surface area contributed by atoms with Crippen LogP contribution >= 0.6 is 0 Å². The molecule has 1 heterocycles. The number of carbonyl (C=O) groups excluding carboxylic acids is 2. The van der Waals surface area contributed by atoms with E-state index in [4.69, 9.17) is 27.1 Å². The number of aromatic carboxylic acids is 1. The van der Waals surface area contributed by atoms with Crippen LogP contribution in [0, 0.1) is 30.6 Å². The Kier molecular flexibility index (Phi) is 7.67. The number of anilines is 1. The van der Waals surface area contributed by atoms with Crippen molar-refractivity contribution in [1.29, 1.82) is 0 Å². The maximum Gasteiger partial charge on any atom is 0.336 e. The molecule has 3 N–H and O–H groups in total. The summed E-state index contributed by atoms with van der Waals surface area (Å²) in [5.74, 6) is 2.84. The van der Waals surface area contributed by atoms with Crippen LogP contribution in [0.1, 0.15) is 37.8 Å². The molecule has 0 saturated heterocycles. The van der Waals surface area contributed by atoms with Gasteiger partial charge in [-0.2, -0.15) is 0 Å². The number of carboxylic acid groups (broad SMARTS) is 1. The number of phenols is 1. The van der Waals surface area contributed by atoms with Crippen molar-refractivity contribution in [3.63, 3.8) is 0 Å². The number of allylic oxidation sites excluding steroid dienone is 3. The maximum absolute atomic E-state index is 13.2. The minimum atomic E-state index is -1.22. The van der Waals surface area contributed by atoms with Crippen LogP contribution in [0.15, 0.2) is 78.6 Å². The molecular weight excluding hydrogens is 538 g/mol. The smallest absolute Gasteiger partial charge is 0.336 e. The predicted octanol–water partition coefficient (Wildman–Crippen LogP) is 4.53. The summed E-state index contributed by atoms with van der Waals surface area (Å²) in [5, 5.41) is 22.9. The number of benzene rings is 3. The molecule has 9 heteroatoms. The molecule has 42 heavy (non-hydrogen) atoms. The summed E-state index contributed by atoms with van der Waals surface area (Å²) in [6.45, 7) is -0.0570. The van der Waals surface area contributed by atoms with Crippen molar-refractivity contribution >= 4 is 23.3 Å². The first kappa shape index (κ1) is 27.6. The van der Waals surface area contributed by atoms with Crippen LogP contribution in [-0.4, -0.2) is 41.1 Å². The predicted molar refractivity (Wildman–Crippen MR) is 153 cm³/mol. The Balaban J connectivity index is 1.50. The van der Waals surface area contributed by atoms with Gasteiger partial charge in [-0.3, -0.25) is 9.59 Å². The first-order valence-electron chi connectivity index (χ1n) is 12.7. The molecule has 2 aliphatic rings. The second kappa shape index (κ2) is 11.7. The Morgan fingerprint density at radius 3 is 2.31 bits per heavy atom. The van der Waals surface area contributed by atoms with Crippen LogP contribution in [-0.2, 0) is 4.79 Å². The molecule has 0 saturated carbocycles. The molecule has 3 aromatic carbocycles. The van der Waals surface area contributed by atoms with E-state index in [9.17, 15) is 24.6 Å². The second-order valence-electron chi connectivity index (χ2n) is 9.38. The lowest BCUT2D eigenvalue weighted by molar-refractivity contribution is -0.110. The fraction of sp³-hybridized carbons (Fsp3) is 0.121. The normalized spacial score (nSPS) is 16.4. The summed E-state index contributed by atoms with van der Waals surface area (Å²) in [5.41, 5.74) is 1.40. The van der Waals surface area contributed by atoms with E-state index in [1.165, 1.54) is 42.5 Å². The molecule has 0 aromatic heterocycles. The number of rotatable bonds is 8. The third-order valence-corrected chi connectivity index (χ3v) is 6.66. The van der Waals surface area contributed by atoms with Crippen LogP contribution < -0.4 is 19.5 Å². The zero-order chi connectivity index (χ0) is 29.8. The molecule has 1 amide bonds. The lowest BCUT2D eigenvalue weighted by Gasteiger charge is -2.35. The molecule has 1 aliphatic heterocycles. The number of ketones is 1. The number of phenolic OH excluding ortho intramolecular Hbond substituents is 1. The first-order valence-corrected chi connectivity index (χ1v) is 12.7. The lowest BCUT2D eigenvalue weighted by Crippen LogP contribution is -2.27. The van der Waals surface area contributed by atoms with Gasteiger partial charge in [0.15, 0.2) is 5.78 Å². The van der Waals surface area contributed by atoms with E-state index < -0.39 is 23.7 Å². The van der Waals surface area contributed by atoms with Crippen LogP contribution in [0.25, 0.3) is 0 Å². The van der Waals surface area contributed by atoms with Crippen molar-refractivity contribution in [3.8, 4) is 47.7 Å². The largest absolute Gasteiger partial charge is 0.508 e. The van der Waals surface area contributed by atoms with Gasteiger partial charge in [-0.15, -0.1) is 12.8 Å². The van der Waals surface area contributed by atoms with E-state index in [2.05, 4.69) is 17.2 Å². The highest BCUT2D eigenvalue weighted by Gasteiger charge is 2.38. The van der Waals surface area contributed by atoms with Crippen molar-refractivity contribution in [2.45, 2.75) is 5.92 Å². The van der Waals surface area contributed by atoms with E-state index in [-0.39, 0.29) is 41.6 Å². The molecule has 9 nitrogen and oxygen atoms in total. The van der Waals surface area contributed by atoms with E-state index in [1.54, 1.807) is 30.3 Å². The van der Waals surface area contributed by atoms with Gasteiger partial charge in [0.1, 0.15) is 42.0 Å². The monoisotopic (exact) mass is 561 g/mol. The van der Waals surface area contributed by atoms with Gasteiger partial charge < -0.3 is 29.7 Å². The third-order valence-electron chi connectivity index (χ3n) is 6.66. The van der Waals surface area contributed by atoms with Crippen LogP contribution in [0.4, 0.5) is 5.69 Å².